The molecule has 0 N–H and O–H groups in total. The molecular weight excluding hydrogens is 687 g/mol. The molecule has 0 bridgehead atoms. The first-order valence-electron chi connectivity index (χ1n) is 18.5. The third kappa shape index (κ3) is 5.72. The van der Waals surface area contributed by atoms with Gasteiger partial charge in [0.25, 0.3) is 0 Å². The first kappa shape index (κ1) is 31.5. The number of hydrogen-bond donors (Lipinski definition) is 0. The van der Waals surface area contributed by atoms with Crippen LogP contribution in [0.5, 0.6) is 0 Å². The predicted molar refractivity (Wildman–Crippen MR) is 232 cm³/mol. The molecular formula is C51H31N3S. The number of benzene rings is 9. The highest BCUT2D eigenvalue weighted by molar-refractivity contribution is 7.25. The molecule has 2 aromatic heterocycles. The number of nitrogens with zero attached hydrogens (tertiary/aromatic N) is 3. The lowest BCUT2D eigenvalue weighted by atomic mass is 9.96. The third-order valence-corrected chi connectivity index (χ3v) is 11.8. The zero-order chi connectivity index (χ0) is 36.3. The van der Waals surface area contributed by atoms with Gasteiger partial charge in [0.2, 0.25) is 0 Å². The van der Waals surface area contributed by atoms with Crippen LogP contribution in [-0.4, -0.2) is 15.0 Å². The van der Waals surface area contributed by atoms with Crippen molar-refractivity contribution in [3.05, 3.63) is 188 Å². The Labute approximate surface area is 321 Å². The van der Waals surface area contributed by atoms with Crippen molar-refractivity contribution in [2.45, 2.75) is 0 Å². The van der Waals surface area contributed by atoms with Crippen LogP contribution in [0.15, 0.2) is 188 Å². The highest BCUT2D eigenvalue weighted by atomic mass is 32.1. The SMILES string of the molecule is c1cc(-c2ccc3cc(-c4ccc5ccccc5c4)ccc3c2)cc(-c2nc(-c3ccc4ccccc4c3)nc(-c3ccc4sc5ccccc5c4c3)n2)c1. The van der Waals surface area contributed by atoms with Crippen molar-refractivity contribution < 1.29 is 0 Å². The van der Waals surface area contributed by atoms with E-state index in [2.05, 4.69) is 188 Å². The van der Waals surface area contributed by atoms with E-state index in [1.165, 1.54) is 58.2 Å². The maximum atomic E-state index is 5.16. The second-order valence-corrected chi connectivity index (χ2v) is 15.2. The standard InChI is InChI=1S/C51H31N3S/c1-3-10-34-26-38(18-16-32(34)8-1)40-22-21-39-27-37(19-20-41(39)28-40)36-12-7-13-42(30-36)49-52-50(43-23-17-33-9-2-4-11-35(33)29-43)54-51(53-49)44-24-25-48-46(31-44)45-14-5-6-15-47(45)55-48/h1-31H. The van der Waals surface area contributed by atoms with Crippen LogP contribution in [0.4, 0.5) is 0 Å². The van der Waals surface area contributed by atoms with E-state index in [9.17, 15) is 0 Å². The highest BCUT2D eigenvalue weighted by Gasteiger charge is 2.15. The van der Waals surface area contributed by atoms with Gasteiger partial charge in [0.1, 0.15) is 0 Å². The van der Waals surface area contributed by atoms with Gasteiger partial charge in [-0.15, -0.1) is 11.3 Å². The van der Waals surface area contributed by atoms with Crippen molar-refractivity contribution in [3.63, 3.8) is 0 Å². The van der Waals surface area contributed by atoms with Crippen LogP contribution in [0.3, 0.4) is 0 Å². The van der Waals surface area contributed by atoms with Crippen LogP contribution in [-0.2, 0) is 0 Å². The Balaban J connectivity index is 1.00. The fourth-order valence-electron chi connectivity index (χ4n) is 7.77. The highest BCUT2D eigenvalue weighted by Crippen LogP contribution is 2.37. The van der Waals surface area contributed by atoms with Crippen LogP contribution in [0.25, 0.3) is 109 Å². The summed E-state index contributed by atoms with van der Waals surface area (Å²) >= 11 is 1.81. The average molecular weight is 718 g/mol. The van der Waals surface area contributed by atoms with Crippen molar-refractivity contribution in [1.82, 2.24) is 15.0 Å². The molecule has 3 nitrogen and oxygen atoms in total. The van der Waals surface area contributed by atoms with Gasteiger partial charge in [-0.25, -0.2) is 15.0 Å². The van der Waals surface area contributed by atoms with Crippen molar-refractivity contribution in [2.24, 2.45) is 0 Å². The van der Waals surface area contributed by atoms with Crippen LogP contribution >= 0.6 is 11.3 Å². The lowest BCUT2D eigenvalue weighted by Gasteiger charge is -2.11. The van der Waals surface area contributed by atoms with E-state index in [1.807, 2.05) is 11.3 Å². The first-order chi connectivity index (χ1) is 27.2. The van der Waals surface area contributed by atoms with Gasteiger partial charge in [0.15, 0.2) is 17.5 Å². The maximum Gasteiger partial charge on any atom is 0.164 e. The summed E-state index contributed by atoms with van der Waals surface area (Å²) in [6, 6.07) is 67.2. The van der Waals surface area contributed by atoms with Gasteiger partial charge in [-0.2, -0.15) is 0 Å². The van der Waals surface area contributed by atoms with Gasteiger partial charge in [-0.05, 0) is 109 Å². The zero-order valence-corrected chi connectivity index (χ0v) is 30.5. The average Bonchev–Trinajstić information content (AvgIpc) is 3.63. The van der Waals surface area contributed by atoms with Crippen molar-refractivity contribution in [3.8, 4) is 56.4 Å². The summed E-state index contributed by atoms with van der Waals surface area (Å²) in [5.74, 6) is 1.95. The molecule has 0 aliphatic rings. The summed E-state index contributed by atoms with van der Waals surface area (Å²) < 4.78 is 2.53. The summed E-state index contributed by atoms with van der Waals surface area (Å²) in [6.07, 6.45) is 0. The van der Waals surface area contributed by atoms with E-state index in [4.69, 9.17) is 15.0 Å². The molecule has 0 aliphatic carbocycles. The second kappa shape index (κ2) is 12.8. The van der Waals surface area contributed by atoms with Crippen molar-refractivity contribution in [2.75, 3.05) is 0 Å². The van der Waals surface area contributed by atoms with E-state index in [-0.39, 0.29) is 0 Å². The van der Waals surface area contributed by atoms with Crippen molar-refractivity contribution in [1.29, 1.82) is 0 Å². The minimum Gasteiger partial charge on any atom is -0.208 e. The van der Waals surface area contributed by atoms with E-state index in [0.717, 1.165) is 33.2 Å². The molecule has 0 unspecified atom stereocenters. The monoisotopic (exact) mass is 717 g/mol. The quantitative estimate of drug-likeness (QED) is 0.178. The van der Waals surface area contributed by atoms with E-state index in [0.29, 0.717) is 17.5 Å². The number of rotatable bonds is 5. The molecule has 4 heteroatoms. The minimum atomic E-state index is 0.645. The van der Waals surface area contributed by atoms with Crippen LogP contribution < -0.4 is 0 Å². The molecule has 0 spiro atoms. The molecule has 9 aromatic carbocycles. The Hall–Kier alpha value is -7.01. The largest absolute Gasteiger partial charge is 0.208 e. The molecule has 11 rings (SSSR count). The molecule has 0 saturated carbocycles. The third-order valence-electron chi connectivity index (χ3n) is 10.7. The molecule has 256 valence electrons. The molecule has 0 aliphatic heterocycles. The predicted octanol–water partition coefficient (Wildman–Crippen LogP) is 14.0. The van der Waals surface area contributed by atoms with Crippen LogP contribution in [0.1, 0.15) is 0 Å². The second-order valence-electron chi connectivity index (χ2n) is 14.1. The molecule has 0 amide bonds. The Morgan fingerprint density at radius 1 is 0.255 bits per heavy atom. The maximum absolute atomic E-state index is 5.16. The fourth-order valence-corrected chi connectivity index (χ4v) is 8.85. The van der Waals surface area contributed by atoms with Gasteiger partial charge < -0.3 is 0 Å². The molecule has 0 atom stereocenters. The molecule has 0 saturated heterocycles. The summed E-state index contributed by atoms with van der Waals surface area (Å²) in [7, 11) is 0. The van der Waals surface area contributed by atoms with Gasteiger partial charge in [0, 0.05) is 36.9 Å². The normalized spacial score (nSPS) is 11.6. The zero-order valence-electron chi connectivity index (χ0n) is 29.6. The topological polar surface area (TPSA) is 38.7 Å². The van der Waals surface area contributed by atoms with E-state index >= 15 is 0 Å². The Kier molecular flexibility index (Phi) is 7.35. The summed E-state index contributed by atoms with van der Waals surface area (Å²) in [4.78, 5) is 15.4. The van der Waals surface area contributed by atoms with Crippen molar-refractivity contribution >= 4 is 63.8 Å². The number of thiophene rings is 1. The van der Waals surface area contributed by atoms with Crippen LogP contribution in [0, 0.1) is 0 Å². The molecule has 0 fully saturated rings. The van der Waals surface area contributed by atoms with Gasteiger partial charge in [0.05, 0.1) is 0 Å². The fraction of sp³-hybridized carbons (Fsp3) is 0. The molecule has 11 aromatic rings. The lowest BCUT2D eigenvalue weighted by molar-refractivity contribution is 1.08. The van der Waals surface area contributed by atoms with Crippen LogP contribution in [0.2, 0.25) is 0 Å². The van der Waals surface area contributed by atoms with Gasteiger partial charge >= 0.3 is 0 Å². The molecule has 2 heterocycles. The number of aromatic nitrogens is 3. The first-order valence-corrected chi connectivity index (χ1v) is 19.3. The summed E-state index contributed by atoms with van der Waals surface area (Å²) in [6.45, 7) is 0. The smallest absolute Gasteiger partial charge is 0.164 e. The number of hydrogen-bond acceptors (Lipinski definition) is 4. The summed E-state index contributed by atoms with van der Waals surface area (Å²) in [5, 5.41) is 9.72. The van der Waals surface area contributed by atoms with Gasteiger partial charge in [-0.1, -0.05) is 133 Å². The Bertz CT molecular complexity index is 3290. The van der Waals surface area contributed by atoms with E-state index < -0.39 is 0 Å². The van der Waals surface area contributed by atoms with E-state index in [1.54, 1.807) is 0 Å². The number of fused-ring (bicyclic) bond motifs is 6. The summed E-state index contributed by atoms with van der Waals surface area (Å²) in [5.41, 5.74) is 7.56. The minimum absolute atomic E-state index is 0.645. The Morgan fingerprint density at radius 2 is 0.655 bits per heavy atom. The van der Waals surface area contributed by atoms with Gasteiger partial charge in [-0.3, -0.25) is 0 Å². The lowest BCUT2D eigenvalue weighted by Crippen LogP contribution is -2.00. The Morgan fingerprint density at radius 3 is 1.29 bits per heavy atom. The molecule has 55 heavy (non-hydrogen) atoms. The molecule has 0 radical (unpaired) electrons.